The summed E-state index contributed by atoms with van der Waals surface area (Å²) in [5.41, 5.74) is 0.794. The molecule has 0 radical (unpaired) electrons. The molecule has 0 spiro atoms. The summed E-state index contributed by atoms with van der Waals surface area (Å²) in [6.07, 6.45) is 1.83. The molecule has 0 unspecified atom stereocenters. The van der Waals surface area contributed by atoms with Crippen LogP contribution >= 0.6 is 22.9 Å². The zero-order chi connectivity index (χ0) is 19.3. The van der Waals surface area contributed by atoms with Gasteiger partial charge in [0.05, 0.1) is 39.1 Å². The SMILES string of the molecule is C[C@@H]1COCCN1c1nc(Cl)nc2c(C(C)(C)S(C)(=O)=O)c(C=O)sc12. The van der Waals surface area contributed by atoms with E-state index in [4.69, 9.17) is 16.3 Å². The number of thiophene rings is 1. The van der Waals surface area contributed by atoms with Crippen LogP contribution in [0.3, 0.4) is 0 Å². The first-order valence-corrected chi connectivity index (χ1v) is 11.2. The van der Waals surface area contributed by atoms with E-state index in [2.05, 4.69) is 14.9 Å². The highest BCUT2D eigenvalue weighted by molar-refractivity contribution is 7.91. The number of anilines is 1. The number of carbonyl (C=O) groups is 1. The molecule has 142 valence electrons. The van der Waals surface area contributed by atoms with Gasteiger partial charge in [0, 0.05) is 18.4 Å². The van der Waals surface area contributed by atoms with E-state index in [-0.39, 0.29) is 11.3 Å². The molecular formula is C16H20ClN3O4S2. The number of halogens is 1. The van der Waals surface area contributed by atoms with Gasteiger partial charge in [-0.05, 0) is 32.4 Å². The van der Waals surface area contributed by atoms with E-state index in [1.807, 2.05) is 6.92 Å². The van der Waals surface area contributed by atoms with Crippen molar-refractivity contribution in [2.75, 3.05) is 30.9 Å². The minimum atomic E-state index is -3.50. The average molecular weight is 418 g/mol. The zero-order valence-corrected chi connectivity index (χ0v) is 17.3. The smallest absolute Gasteiger partial charge is 0.224 e. The number of nitrogens with zero attached hydrogens (tertiary/aromatic N) is 3. The van der Waals surface area contributed by atoms with Crippen LogP contribution in [0.4, 0.5) is 5.82 Å². The van der Waals surface area contributed by atoms with Crippen LogP contribution in [-0.2, 0) is 19.3 Å². The van der Waals surface area contributed by atoms with Gasteiger partial charge >= 0.3 is 0 Å². The quantitative estimate of drug-likeness (QED) is 0.558. The molecule has 26 heavy (non-hydrogen) atoms. The maximum absolute atomic E-state index is 12.4. The van der Waals surface area contributed by atoms with Crippen molar-refractivity contribution in [3.63, 3.8) is 0 Å². The molecule has 1 aliphatic heterocycles. The van der Waals surface area contributed by atoms with E-state index in [0.717, 1.165) is 6.26 Å². The number of rotatable bonds is 4. The Kier molecular flexibility index (Phi) is 5.02. The van der Waals surface area contributed by atoms with Crippen LogP contribution in [0.25, 0.3) is 10.2 Å². The highest BCUT2D eigenvalue weighted by Crippen LogP contribution is 2.43. The van der Waals surface area contributed by atoms with Gasteiger partial charge in [0.25, 0.3) is 0 Å². The Morgan fingerprint density at radius 1 is 1.38 bits per heavy atom. The zero-order valence-electron chi connectivity index (χ0n) is 14.9. The van der Waals surface area contributed by atoms with E-state index < -0.39 is 14.6 Å². The maximum Gasteiger partial charge on any atom is 0.224 e. The van der Waals surface area contributed by atoms with Crippen molar-refractivity contribution in [3.8, 4) is 0 Å². The third-order valence-corrected chi connectivity index (χ3v) is 8.12. The third-order valence-electron chi connectivity index (χ3n) is 4.79. The molecule has 0 bridgehead atoms. The van der Waals surface area contributed by atoms with Crippen molar-refractivity contribution in [1.82, 2.24) is 9.97 Å². The number of fused-ring (bicyclic) bond motifs is 1. The highest BCUT2D eigenvalue weighted by Gasteiger charge is 2.39. The number of sulfone groups is 1. The van der Waals surface area contributed by atoms with Crippen LogP contribution in [0.1, 0.15) is 36.0 Å². The van der Waals surface area contributed by atoms with Crippen LogP contribution in [-0.4, -0.2) is 56.7 Å². The van der Waals surface area contributed by atoms with Gasteiger partial charge in [0.1, 0.15) is 0 Å². The molecule has 7 nitrogen and oxygen atoms in total. The summed E-state index contributed by atoms with van der Waals surface area (Å²) in [6, 6.07) is 0.0751. The molecule has 3 rings (SSSR count). The van der Waals surface area contributed by atoms with Crippen molar-refractivity contribution in [1.29, 1.82) is 0 Å². The standard InChI is InChI=1S/C16H20ClN3O4S2/c1-9-8-24-6-5-20(9)14-13-12(18-15(17)19-14)11(10(7-21)25-13)16(2,3)26(4,22)23/h7,9H,5-6,8H2,1-4H3/t9-/m1/s1. The lowest BCUT2D eigenvalue weighted by atomic mass is 10.0. The monoisotopic (exact) mass is 417 g/mol. The third kappa shape index (κ3) is 3.11. The summed E-state index contributed by atoms with van der Waals surface area (Å²) in [7, 11) is -3.50. The van der Waals surface area contributed by atoms with Gasteiger partial charge in [-0.25, -0.2) is 13.4 Å². The Morgan fingerprint density at radius 2 is 2.08 bits per heavy atom. The number of morpholine rings is 1. The predicted octanol–water partition coefficient (Wildman–Crippen LogP) is 2.66. The molecule has 0 aromatic carbocycles. The summed E-state index contributed by atoms with van der Waals surface area (Å²) in [6.45, 7) is 6.89. The number of aldehydes is 1. The topological polar surface area (TPSA) is 89.5 Å². The number of carbonyl (C=O) groups excluding carboxylic acids is 1. The normalized spacial score (nSPS) is 19.1. The van der Waals surface area contributed by atoms with Crippen molar-refractivity contribution >= 4 is 55.1 Å². The fourth-order valence-corrected chi connectivity index (χ4v) is 5.07. The van der Waals surface area contributed by atoms with Gasteiger partial charge in [0.2, 0.25) is 5.28 Å². The van der Waals surface area contributed by atoms with Crippen molar-refractivity contribution in [2.24, 2.45) is 0 Å². The molecule has 0 aliphatic carbocycles. The fourth-order valence-electron chi connectivity index (χ4n) is 3.04. The van der Waals surface area contributed by atoms with Gasteiger partial charge in [-0.2, -0.15) is 4.98 Å². The molecule has 1 aliphatic rings. The van der Waals surface area contributed by atoms with E-state index in [1.54, 1.807) is 13.8 Å². The molecule has 0 saturated carbocycles. The second-order valence-electron chi connectivity index (χ2n) is 6.85. The number of ether oxygens (including phenoxy) is 1. The number of aromatic nitrogens is 2. The average Bonchev–Trinajstić information content (AvgIpc) is 2.92. The first-order chi connectivity index (χ1) is 12.1. The molecule has 0 amide bonds. The van der Waals surface area contributed by atoms with E-state index in [9.17, 15) is 13.2 Å². The summed E-state index contributed by atoms with van der Waals surface area (Å²) in [5.74, 6) is 0.611. The Bertz CT molecular complexity index is 972. The van der Waals surface area contributed by atoms with E-state index in [0.29, 0.717) is 52.5 Å². The predicted molar refractivity (Wildman–Crippen MR) is 103 cm³/mol. The lowest BCUT2D eigenvalue weighted by molar-refractivity contribution is 0.0987. The summed E-state index contributed by atoms with van der Waals surface area (Å²) in [4.78, 5) is 22.8. The van der Waals surface area contributed by atoms with Crippen LogP contribution in [0.15, 0.2) is 0 Å². The molecule has 10 heteroatoms. The Morgan fingerprint density at radius 3 is 2.65 bits per heavy atom. The van der Waals surface area contributed by atoms with Crippen LogP contribution in [0, 0.1) is 0 Å². The first-order valence-electron chi connectivity index (χ1n) is 8.07. The van der Waals surface area contributed by atoms with E-state index >= 15 is 0 Å². The second-order valence-corrected chi connectivity index (χ2v) is 10.8. The lowest BCUT2D eigenvalue weighted by Crippen LogP contribution is -2.44. The second kappa shape index (κ2) is 6.70. The van der Waals surface area contributed by atoms with Gasteiger partial charge in [-0.15, -0.1) is 11.3 Å². The molecule has 1 saturated heterocycles. The summed E-state index contributed by atoms with van der Waals surface area (Å²) < 4.78 is 29.6. The Balaban J connectivity index is 2.34. The Labute approximate surface area is 161 Å². The van der Waals surface area contributed by atoms with Crippen molar-refractivity contribution < 1.29 is 17.9 Å². The molecule has 3 heterocycles. The molecular weight excluding hydrogens is 398 g/mol. The van der Waals surface area contributed by atoms with Crippen molar-refractivity contribution in [3.05, 3.63) is 15.7 Å². The summed E-state index contributed by atoms with van der Waals surface area (Å²) in [5, 5.41) is 0.0204. The largest absolute Gasteiger partial charge is 0.377 e. The number of hydrogen-bond acceptors (Lipinski definition) is 8. The van der Waals surface area contributed by atoms with Gasteiger partial charge in [-0.3, -0.25) is 4.79 Å². The van der Waals surface area contributed by atoms with Gasteiger partial charge < -0.3 is 9.64 Å². The molecule has 1 atom stereocenters. The molecule has 2 aromatic heterocycles. The maximum atomic E-state index is 12.4. The molecule has 1 fully saturated rings. The van der Waals surface area contributed by atoms with Gasteiger partial charge in [-0.1, -0.05) is 0 Å². The first kappa shape index (κ1) is 19.5. The lowest BCUT2D eigenvalue weighted by Gasteiger charge is -2.34. The Hall–Kier alpha value is -1.29. The minimum absolute atomic E-state index is 0.0204. The molecule has 0 N–H and O–H groups in total. The fraction of sp³-hybridized carbons (Fsp3) is 0.562. The number of hydrogen-bond donors (Lipinski definition) is 0. The van der Waals surface area contributed by atoms with E-state index in [1.165, 1.54) is 11.3 Å². The van der Waals surface area contributed by atoms with Crippen LogP contribution in [0.5, 0.6) is 0 Å². The molecule has 2 aromatic rings. The van der Waals surface area contributed by atoms with Crippen LogP contribution in [0.2, 0.25) is 5.28 Å². The highest BCUT2D eigenvalue weighted by atomic mass is 35.5. The van der Waals surface area contributed by atoms with Gasteiger partial charge in [0.15, 0.2) is 21.9 Å². The van der Waals surface area contributed by atoms with Crippen molar-refractivity contribution in [2.45, 2.75) is 31.6 Å². The minimum Gasteiger partial charge on any atom is -0.377 e. The summed E-state index contributed by atoms with van der Waals surface area (Å²) >= 11 is 7.37. The van der Waals surface area contributed by atoms with Crippen LogP contribution < -0.4 is 4.90 Å².